The molecule has 1 saturated heterocycles. The monoisotopic (exact) mass is 304 g/mol. The van der Waals surface area contributed by atoms with Gasteiger partial charge in [-0.05, 0) is 48.3 Å². The maximum absolute atomic E-state index is 6.12. The third-order valence-electron chi connectivity index (χ3n) is 5.28. The van der Waals surface area contributed by atoms with Gasteiger partial charge >= 0.3 is 0 Å². The predicted octanol–water partition coefficient (Wildman–Crippen LogP) is 5.62. The summed E-state index contributed by atoms with van der Waals surface area (Å²) in [6.45, 7) is 12.1. The number of ether oxygens (including phenoxy) is 2. The Balaban J connectivity index is 1.98. The van der Waals surface area contributed by atoms with E-state index in [2.05, 4.69) is 58.9 Å². The summed E-state index contributed by atoms with van der Waals surface area (Å²) >= 11 is 0. The van der Waals surface area contributed by atoms with E-state index < -0.39 is 0 Å². The quantitative estimate of drug-likeness (QED) is 0.678. The van der Waals surface area contributed by atoms with E-state index in [1.807, 2.05) is 0 Å². The molecule has 1 fully saturated rings. The van der Waals surface area contributed by atoms with Crippen LogP contribution in [0.15, 0.2) is 24.3 Å². The molecule has 124 valence electrons. The van der Waals surface area contributed by atoms with Gasteiger partial charge in [0.1, 0.15) is 5.75 Å². The molecule has 22 heavy (non-hydrogen) atoms. The van der Waals surface area contributed by atoms with Crippen LogP contribution in [-0.2, 0) is 4.74 Å². The molecule has 0 aromatic heterocycles. The van der Waals surface area contributed by atoms with Gasteiger partial charge in [0.15, 0.2) is 0 Å². The van der Waals surface area contributed by atoms with Crippen LogP contribution in [0.5, 0.6) is 5.75 Å². The molecular weight excluding hydrogens is 272 g/mol. The van der Waals surface area contributed by atoms with Gasteiger partial charge in [0.05, 0.1) is 6.61 Å². The number of rotatable bonds is 6. The molecule has 0 N–H and O–H groups in total. The maximum atomic E-state index is 6.12. The maximum Gasteiger partial charge on any atom is 0.202 e. The van der Waals surface area contributed by atoms with Gasteiger partial charge in [-0.2, -0.15) is 0 Å². The van der Waals surface area contributed by atoms with Crippen LogP contribution in [0.25, 0.3) is 0 Å². The van der Waals surface area contributed by atoms with Gasteiger partial charge in [-0.3, -0.25) is 0 Å². The SMILES string of the molecule is CCC1COC(Oc2ccc(C(C)C(C)C)cc2)C(CC)C1. The number of hydrogen-bond donors (Lipinski definition) is 0. The van der Waals surface area contributed by atoms with Crippen LogP contribution in [0.4, 0.5) is 0 Å². The van der Waals surface area contributed by atoms with E-state index in [0.29, 0.717) is 23.7 Å². The molecule has 0 spiro atoms. The van der Waals surface area contributed by atoms with Crippen LogP contribution >= 0.6 is 0 Å². The molecule has 0 saturated carbocycles. The van der Waals surface area contributed by atoms with Gasteiger partial charge < -0.3 is 9.47 Å². The van der Waals surface area contributed by atoms with Crippen molar-refractivity contribution in [3.8, 4) is 5.75 Å². The van der Waals surface area contributed by atoms with Crippen LogP contribution in [0, 0.1) is 17.8 Å². The zero-order chi connectivity index (χ0) is 16.1. The second-order valence-corrected chi connectivity index (χ2v) is 7.10. The first-order chi connectivity index (χ1) is 10.5. The Kier molecular flexibility index (Phi) is 6.31. The Morgan fingerprint density at radius 2 is 1.77 bits per heavy atom. The van der Waals surface area contributed by atoms with Crippen molar-refractivity contribution in [1.29, 1.82) is 0 Å². The van der Waals surface area contributed by atoms with Crippen LogP contribution in [0.1, 0.15) is 65.4 Å². The van der Waals surface area contributed by atoms with Crippen LogP contribution in [0.3, 0.4) is 0 Å². The molecule has 0 radical (unpaired) electrons. The summed E-state index contributed by atoms with van der Waals surface area (Å²) < 4.78 is 12.1. The van der Waals surface area contributed by atoms with E-state index >= 15 is 0 Å². The molecule has 4 atom stereocenters. The standard InChI is InChI=1S/C20H32O2/c1-6-16-12-17(7-2)20(21-13-16)22-19-10-8-18(9-11-19)15(5)14(3)4/h8-11,14-17,20H,6-7,12-13H2,1-5H3. The lowest BCUT2D eigenvalue weighted by molar-refractivity contribution is -0.160. The first-order valence-corrected chi connectivity index (χ1v) is 8.93. The second kappa shape index (κ2) is 8.01. The fourth-order valence-electron chi connectivity index (χ4n) is 3.12. The zero-order valence-corrected chi connectivity index (χ0v) is 14.8. The molecule has 0 amide bonds. The van der Waals surface area contributed by atoms with Crippen LogP contribution in [0.2, 0.25) is 0 Å². The highest BCUT2D eigenvalue weighted by atomic mass is 16.7. The molecule has 1 aliphatic rings. The minimum absolute atomic E-state index is 0.0822. The van der Waals surface area contributed by atoms with E-state index in [1.165, 1.54) is 18.4 Å². The minimum atomic E-state index is -0.0822. The molecule has 1 aliphatic heterocycles. The predicted molar refractivity (Wildman–Crippen MR) is 92.2 cm³/mol. The highest BCUT2D eigenvalue weighted by Gasteiger charge is 2.31. The third-order valence-corrected chi connectivity index (χ3v) is 5.28. The highest BCUT2D eigenvalue weighted by molar-refractivity contribution is 5.29. The Bertz CT molecular complexity index is 438. The summed E-state index contributed by atoms with van der Waals surface area (Å²) in [5.41, 5.74) is 1.38. The highest BCUT2D eigenvalue weighted by Crippen LogP contribution is 2.32. The topological polar surface area (TPSA) is 18.5 Å². The van der Waals surface area contributed by atoms with Crippen molar-refractivity contribution in [2.75, 3.05) is 6.61 Å². The second-order valence-electron chi connectivity index (χ2n) is 7.10. The molecule has 1 heterocycles. The minimum Gasteiger partial charge on any atom is -0.465 e. The lowest BCUT2D eigenvalue weighted by atomic mass is 9.88. The summed E-state index contributed by atoms with van der Waals surface area (Å²) in [5, 5.41) is 0. The van der Waals surface area contributed by atoms with E-state index in [1.54, 1.807) is 0 Å². The van der Waals surface area contributed by atoms with Gasteiger partial charge in [-0.15, -0.1) is 0 Å². The number of benzene rings is 1. The molecule has 0 bridgehead atoms. The summed E-state index contributed by atoms with van der Waals surface area (Å²) in [6, 6.07) is 8.57. The van der Waals surface area contributed by atoms with Gasteiger partial charge in [0, 0.05) is 5.92 Å². The summed E-state index contributed by atoms with van der Waals surface area (Å²) in [5.74, 6) is 3.36. The largest absolute Gasteiger partial charge is 0.465 e. The Morgan fingerprint density at radius 1 is 1.09 bits per heavy atom. The molecular formula is C20H32O2. The van der Waals surface area contributed by atoms with Gasteiger partial charge in [-0.25, -0.2) is 0 Å². The van der Waals surface area contributed by atoms with Crippen molar-refractivity contribution < 1.29 is 9.47 Å². The molecule has 2 rings (SSSR count). The van der Waals surface area contributed by atoms with Crippen molar-refractivity contribution in [3.05, 3.63) is 29.8 Å². The normalized spacial score (nSPS) is 26.9. The van der Waals surface area contributed by atoms with Gasteiger partial charge in [0.2, 0.25) is 6.29 Å². The first kappa shape index (κ1) is 17.3. The molecule has 1 aromatic rings. The van der Waals surface area contributed by atoms with Crippen LogP contribution < -0.4 is 4.74 Å². The third kappa shape index (κ3) is 4.25. The Hall–Kier alpha value is -1.02. The van der Waals surface area contributed by atoms with Crippen molar-refractivity contribution in [2.45, 2.75) is 66.1 Å². The average molecular weight is 304 g/mol. The van der Waals surface area contributed by atoms with Gasteiger partial charge in [-0.1, -0.05) is 53.2 Å². The van der Waals surface area contributed by atoms with E-state index in [-0.39, 0.29) is 6.29 Å². The summed E-state index contributed by atoms with van der Waals surface area (Å²) in [4.78, 5) is 0. The number of hydrogen-bond acceptors (Lipinski definition) is 2. The van der Waals surface area contributed by atoms with Crippen molar-refractivity contribution in [3.63, 3.8) is 0 Å². The Labute approximate surface area is 136 Å². The smallest absolute Gasteiger partial charge is 0.202 e. The molecule has 2 nitrogen and oxygen atoms in total. The lowest BCUT2D eigenvalue weighted by Gasteiger charge is -2.35. The molecule has 1 aromatic carbocycles. The van der Waals surface area contributed by atoms with E-state index in [4.69, 9.17) is 9.47 Å². The molecule has 0 aliphatic carbocycles. The fourth-order valence-corrected chi connectivity index (χ4v) is 3.12. The Morgan fingerprint density at radius 3 is 2.32 bits per heavy atom. The molecule has 4 unspecified atom stereocenters. The summed E-state index contributed by atoms with van der Waals surface area (Å²) in [7, 11) is 0. The lowest BCUT2D eigenvalue weighted by Crippen LogP contribution is -2.38. The average Bonchev–Trinajstić information content (AvgIpc) is 2.55. The fraction of sp³-hybridized carbons (Fsp3) is 0.700. The van der Waals surface area contributed by atoms with E-state index in [9.17, 15) is 0 Å². The van der Waals surface area contributed by atoms with Gasteiger partial charge in [0.25, 0.3) is 0 Å². The van der Waals surface area contributed by atoms with Crippen molar-refractivity contribution in [1.82, 2.24) is 0 Å². The summed E-state index contributed by atoms with van der Waals surface area (Å²) in [6.07, 6.45) is 3.45. The first-order valence-electron chi connectivity index (χ1n) is 8.93. The van der Waals surface area contributed by atoms with Crippen molar-refractivity contribution >= 4 is 0 Å². The van der Waals surface area contributed by atoms with Crippen molar-refractivity contribution in [2.24, 2.45) is 17.8 Å². The van der Waals surface area contributed by atoms with Crippen LogP contribution in [-0.4, -0.2) is 12.9 Å². The molecule has 2 heteroatoms. The van der Waals surface area contributed by atoms with E-state index in [0.717, 1.165) is 18.8 Å². The zero-order valence-electron chi connectivity index (χ0n) is 14.8.